The summed E-state index contributed by atoms with van der Waals surface area (Å²) in [4.78, 5) is 0. The zero-order valence-corrected chi connectivity index (χ0v) is 9.82. The maximum absolute atomic E-state index is 13.0. The molecule has 1 atom stereocenters. The summed E-state index contributed by atoms with van der Waals surface area (Å²) in [5.74, 6) is 0.204. The van der Waals surface area contributed by atoms with E-state index in [1.165, 1.54) is 18.6 Å². The number of halogens is 3. The highest BCUT2D eigenvalue weighted by Crippen LogP contribution is 2.36. The van der Waals surface area contributed by atoms with Crippen molar-refractivity contribution in [2.45, 2.75) is 25.3 Å². The summed E-state index contributed by atoms with van der Waals surface area (Å²) in [6, 6.07) is 4.48. The predicted molar refractivity (Wildman–Crippen MR) is 62.9 cm³/mol. The van der Waals surface area contributed by atoms with Gasteiger partial charge in [-0.15, -0.1) is 12.4 Å². The second-order valence-electron chi connectivity index (χ2n) is 3.92. The lowest BCUT2D eigenvalue weighted by atomic mass is 9.77. The Morgan fingerprint density at radius 1 is 1.33 bits per heavy atom. The number of nitrogens with two attached hydrogens (primary N) is 1. The third-order valence-electron chi connectivity index (χ3n) is 2.93. The molecule has 0 bridgehead atoms. The van der Waals surface area contributed by atoms with Crippen LogP contribution in [-0.2, 0) is 0 Å². The third-order valence-corrected chi connectivity index (χ3v) is 3.15. The van der Waals surface area contributed by atoms with Gasteiger partial charge in [-0.3, -0.25) is 0 Å². The molecule has 0 heterocycles. The number of rotatable bonds is 2. The molecule has 0 radical (unpaired) electrons. The molecule has 0 spiro atoms. The van der Waals surface area contributed by atoms with E-state index in [2.05, 4.69) is 0 Å². The molecular formula is C11H14Cl2FN. The van der Waals surface area contributed by atoms with E-state index in [1.54, 1.807) is 6.07 Å². The Kier molecular flexibility index (Phi) is 4.38. The van der Waals surface area contributed by atoms with Gasteiger partial charge in [0.15, 0.2) is 0 Å². The smallest absolute Gasteiger partial charge is 0.125 e. The minimum absolute atomic E-state index is 0. The maximum Gasteiger partial charge on any atom is 0.125 e. The van der Waals surface area contributed by atoms with Crippen molar-refractivity contribution in [1.82, 2.24) is 0 Å². The molecule has 1 nitrogen and oxygen atoms in total. The first kappa shape index (κ1) is 12.8. The van der Waals surface area contributed by atoms with Crippen LogP contribution in [0.3, 0.4) is 0 Å². The van der Waals surface area contributed by atoms with Gasteiger partial charge < -0.3 is 5.73 Å². The molecule has 1 aliphatic rings. The lowest BCUT2D eigenvalue weighted by Gasteiger charge is -2.31. The van der Waals surface area contributed by atoms with E-state index >= 15 is 0 Å². The maximum atomic E-state index is 13.0. The van der Waals surface area contributed by atoms with Crippen LogP contribution in [0.2, 0.25) is 5.02 Å². The average Bonchev–Trinajstić information content (AvgIpc) is 1.98. The fourth-order valence-electron chi connectivity index (χ4n) is 1.84. The minimum atomic E-state index is -0.303. The summed E-state index contributed by atoms with van der Waals surface area (Å²) in [7, 11) is 0. The lowest BCUT2D eigenvalue weighted by molar-refractivity contribution is 0.264. The molecule has 0 aromatic heterocycles. The summed E-state index contributed by atoms with van der Waals surface area (Å²) < 4.78 is 13.0. The van der Waals surface area contributed by atoms with Gasteiger partial charge in [-0.1, -0.05) is 18.0 Å². The van der Waals surface area contributed by atoms with Gasteiger partial charge in [-0.25, -0.2) is 4.39 Å². The second-order valence-corrected chi connectivity index (χ2v) is 4.36. The second kappa shape index (κ2) is 5.15. The summed E-state index contributed by atoms with van der Waals surface area (Å²) in [6.45, 7) is 0. The molecule has 0 aliphatic heterocycles. The molecule has 0 unspecified atom stereocenters. The van der Waals surface area contributed by atoms with Crippen LogP contribution >= 0.6 is 24.0 Å². The van der Waals surface area contributed by atoms with Crippen molar-refractivity contribution in [1.29, 1.82) is 0 Å². The average molecular weight is 250 g/mol. The van der Waals surface area contributed by atoms with Crippen LogP contribution in [-0.4, -0.2) is 0 Å². The summed E-state index contributed by atoms with van der Waals surface area (Å²) >= 11 is 5.76. The van der Waals surface area contributed by atoms with E-state index in [4.69, 9.17) is 17.3 Å². The highest BCUT2D eigenvalue weighted by molar-refractivity contribution is 6.30. The van der Waals surface area contributed by atoms with Crippen LogP contribution in [0.1, 0.15) is 30.9 Å². The quantitative estimate of drug-likeness (QED) is 0.850. The summed E-state index contributed by atoms with van der Waals surface area (Å²) in [5.41, 5.74) is 6.83. The zero-order chi connectivity index (χ0) is 10.1. The van der Waals surface area contributed by atoms with Crippen LogP contribution in [0.4, 0.5) is 4.39 Å². The van der Waals surface area contributed by atoms with E-state index < -0.39 is 0 Å². The highest BCUT2D eigenvalue weighted by Gasteiger charge is 2.25. The first-order chi connectivity index (χ1) is 6.66. The van der Waals surface area contributed by atoms with Crippen LogP contribution < -0.4 is 5.73 Å². The topological polar surface area (TPSA) is 26.0 Å². The number of hydrogen-bond donors (Lipinski definition) is 1. The summed E-state index contributed by atoms with van der Waals surface area (Å²) in [6.07, 6.45) is 3.53. The molecule has 1 aromatic carbocycles. The molecule has 2 rings (SSSR count). The van der Waals surface area contributed by atoms with E-state index in [1.807, 2.05) is 0 Å². The standard InChI is InChI=1S/C11H13ClFN.ClH/c12-9-4-8(5-10(13)6-9)11(14)7-2-1-3-7;/h4-7,11H,1-3,14H2;1H/t11-;/m0./s1. The van der Waals surface area contributed by atoms with Gasteiger partial charge >= 0.3 is 0 Å². The van der Waals surface area contributed by atoms with E-state index in [0.29, 0.717) is 10.9 Å². The van der Waals surface area contributed by atoms with Gasteiger partial charge in [-0.05, 0) is 42.5 Å². The van der Waals surface area contributed by atoms with Crippen LogP contribution in [0.5, 0.6) is 0 Å². The Balaban J connectivity index is 0.00000112. The Labute approximate surface area is 100 Å². The van der Waals surface area contributed by atoms with Gasteiger partial charge in [-0.2, -0.15) is 0 Å². The largest absolute Gasteiger partial charge is 0.324 e. The van der Waals surface area contributed by atoms with Gasteiger partial charge in [0.1, 0.15) is 5.82 Å². The van der Waals surface area contributed by atoms with Crippen molar-refractivity contribution in [2.24, 2.45) is 11.7 Å². The third kappa shape index (κ3) is 2.83. The van der Waals surface area contributed by atoms with Crippen molar-refractivity contribution < 1.29 is 4.39 Å². The molecule has 1 aliphatic carbocycles. The molecule has 0 saturated heterocycles. The van der Waals surface area contributed by atoms with Gasteiger partial charge in [0.2, 0.25) is 0 Å². The minimum Gasteiger partial charge on any atom is -0.324 e. The molecule has 1 aromatic rings. The van der Waals surface area contributed by atoms with Crippen LogP contribution in [0.15, 0.2) is 18.2 Å². The molecular weight excluding hydrogens is 236 g/mol. The SMILES string of the molecule is Cl.N[C@H](c1cc(F)cc(Cl)c1)C1CCC1. The Bertz CT molecular complexity index is 319. The summed E-state index contributed by atoms with van der Waals surface area (Å²) in [5, 5.41) is 0.426. The molecule has 15 heavy (non-hydrogen) atoms. The fourth-order valence-corrected chi connectivity index (χ4v) is 2.07. The Morgan fingerprint density at radius 3 is 2.47 bits per heavy atom. The van der Waals surface area contributed by atoms with E-state index in [9.17, 15) is 4.39 Å². The van der Waals surface area contributed by atoms with Crippen molar-refractivity contribution in [3.05, 3.63) is 34.6 Å². The Hall–Kier alpha value is -0.310. The van der Waals surface area contributed by atoms with Crippen molar-refractivity contribution >= 4 is 24.0 Å². The van der Waals surface area contributed by atoms with E-state index in [0.717, 1.165) is 18.4 Å². The van der Waals surface area contributed by atoms with Crippen molar-refractivity contribution in [2.75, 3.05) is 0 Å². The lowest BCUT2D eigenvalue weighted by Crippen LogP contribution is -2.26. The van der Waals surface area contributed by atoms with Gasteiger partial charge in [0.25, 0.3) is 0 Å². The monoisotopic (exact) mass is 249 g/mol. The zero-order valence-electron chi connectivity index (χ0n) is 8.25. The number of benzene rings is 1. The molecule has 2 N–H and O–H groups in total. The van der Waals surface area contributed by atoms with Crippen LogP contribution in [0.25, 0.3) is 0 Å². The number of hydrogen-bond acceptors (Lipinski definition) is 1. The first-order valence-electron chi connectivity index (χ1n) is 4.88. The molecule has 4 heteroatoms. The van der Waals surface area contributed by atoms with Gasteiger partial charge in [0, 0.05) is 11.1 Å². The molecule has 1 fully saturated rings. The van der Waals surface area contributed by atoms with Gasteiger partial charge in [0.05, 0.1) is 0 Å². The normalized spacial score (nSPS) is 17.8. The fraction of sp³-hybridized carbons (Fsp3) is 0.455. The highest BCUT2D eigenvalue weighted by atomic mass is 35.5. The molecule has 84 valence electrons. The van der Waals surface area contributed by atoms with Crippen molar-refractivity contribution in [3.8, 4) is 0 Å². The molecule has 0 amide bonds. The van der Waals surface area contributed by atoms with E-state index in [-0.39, 0.29) is 24.3 Å². The first-order valence-corrected chi connectivity index (χ1v) is 5.26. The van der Waals surface area contributed by atoms with Crippen molar-refractivity contribution in [3.63, 3.8) is 0 Å². The molecule has 1 saturated carbocycles. The predicted octanol–water partition coefficient (Wildman–Crippen LogP) is 3.70. The Morgan fingerprint density at radius 2 is 2.00 bits per heavy atom. The van der Waals surface area contributed by atoms with Crippen LogP contribution in [0, 0.1) is 11.7 Å².